The number of ether oxygens (including phenoxy) is 1. The van der Waals surface area contributed by atoms with Gasteiger partial charge in [-0.1, -0.05) is 18.2 Å². The van der Waals surface area contributed by atoms with Crippen LogP contribution in [0.5, 0.6) is 5.75 Å². The van der Waals surface area contributed by atoms with Gasteiger partial charge in [0.15, 0.2) is 6.61 Å². The lowest BCUT2D eigenvalue weighted by molar-refractivity contribution is -0.118. The average Bonchev–Trinajstić information content (AvgIpc) is 2.62. The molecule has 1 amide bonds. The Morgan fingerprint density at radius 3 is 2.68 bits per heavy atom. The van der Waals surface area contributed by atoms with Crippen molar-refractivity contribution in [2.24, 2.45) is 0 Å². The predicted octanol–water partition coefficient (Wildman–Crippen LogP) is 3.18. The molecule has 2 aromatic carbocycles. The zero-order chi connectivity index (χ0) is 17.8. The van der Waals surface area contributed by atoms with Crippen molar-refractivity contribution in [3.8, 4) is 5.75 Å². The molecule has 0 spiro atoms. The summed E-state index contributed by atoms with van der Waals surface area (Å²) < 4.78 is 20.7. The summed E-state index contributed by atoms with van der Waals surface area (Å²) in [7, 11) is 0. The van der Waals surface area contributed by atoms with E-state index in [0.29, 0.717) is 23.1 Å². The summed E-state index contributed by atoms with van der Waals surface area (Å²) in [6.07, 6.45) is 1.69. The number of pyridine rings is 1. The van der Waals surface area contributed by atoms with Crippen LogP contribution in [0.2, 0.25) is 0 Å². The molecule has 5 nitrogen and oxygen atoms in total. The second-order valence-electron chi connectivity index (χ2n) is 5.44. The van der Waals surface area contributed by atoms with E-state index in [1.165, 1.54) is 12.1 Å². The zero-order valence-corrected chi connectivity index (χ0v) is 13.7. The van der Waals surface area contributed by atoms with Crippen LogP contribution in [0.4, 0.5) is 10.1 Å². The summed E-state index contributed by atoms with van der Waals surface area (Å²) in [6, 6.07) is 12.8. The molecular formula is C19H17FN2O3. The number of aryl methyl sites for hydroxylation is 1. The molecule has 1 heterocycles. The van der Waals surface area contributed by atoms with E-state index in [4.69, 9.17) is 4.74 Å². The van der Waals surface area contributed by atoms with Gasteiger partial charge in [0, 0.05) is 18.1 Å². The quantitative estimate of drug-likeness (QED) is 0.776. The summed E-state index contributed by atoms with van der Waals surface area (Å²) in [4.78, 5) is 24.3. The van der Waals surface area contributed by atoms with Gasteiger partial charge in [-0.3, -0.25) is 9.59 Å². The van der Waals surface area contributed by atoms with E-state index >= 15 is 0 Å². The summed E-state index contributed by atoms with van der Waals surface area (Å²) in [5, 5.41) is 3.61. The maximum absolute atomic E-state index is 13.5. The highest BCUT2D eigenvalue weighted by atomic mass is 19.1. The zero-order valence-electron chi connectivity index (χ0n) is 13.7. The Hall–Kier alpha value is -3.15. The average molecular weight is 340 g/mol. The first-order valence-corrected chi connectivity index (χ1v) is 7.89. The molecule has 0 aliphatic carbocycles. The highest BCUT2D eigenvalue weighted by molar-refractivity contribution is 5.93. The fraction of sp³-hybridized carbons (Fsp3) is 0.158. The molecule has 0 saturated heterocycles. The van der Waals surface area contributed by atoms with Crippen LogP contribution in [-0.2, 0) is 11.3 Å². The van der Waals surface area contributed by atoms with E-state index in [0.717, 1.165) is 0 Å². The Kier molecular flexibility index (Phi) is 4.79. The number of rotatable bonds is 5. The largest absolute Gasteiger partial charge is 0.483 e. The van der Waals surface area contributed by atoms with Gasteiger partial charge in [-0.15, -0.1) is 0 Å². The second kappa shape index (κ2) is 7.17. The van der Waals surface area contributed by atoms with Crippen LogP contribution >= 0.6 is 0 Å². The molecule has 0 aliphatic rings. The molecule has 0 unspecified atom stereocenters. The van der Waals surface area contributed by atoms with E-state index in [9.17, 15) is 14.0 Å². The van der Waals surface area contributed by atoms with Gasteiger partial charge >= 0.3 is 0 Å². The smallest absolute Gasteiger partial charge is 0.262 e. The molecule has 25 heavy (non-hydrogen) atoms. The number of nitrogens with zero attached hydrogens (tertiary/aromatic N) is 1. The normalized spacial score (nSPS) is 10.6. The number of carbonyl (C=O) groups excluding carboxylic acids is 1. The molecular weight excluding hydrogens is 323 g/mol. The highest BCUT2D eigenvalue weighted by Crippen LogP contribution is 2.23. The Morgan fingerprint density at radius 2 is 1.92 bits per heavy atom. The monoisotopic (exact) mass is 340 g/mol. The maximum Gasteiger partial charge on any atom is 0.262 e. The molecule has 6 heteroatoms. The van der Waals surface area contributed by atoms with Gasteiger partial charge in [-0.05, 0) is 37.3 Å². The fourth-order valence-electron chi connectivity index (χ4n) is 2.56. The van der Waals surface area contributed by atoms with Crippen LogP contribution < -0.4 is 15.6 Å². The van der Waals surface area contributed by atoms with Gasteiger partial charge in [-0.2, -0.15) is 0 Å². The molecule has 0 bridgehead atoms. The number of fused-ring (bicyclic) bond motifs is 1. The third kappa shape index (κ3) is 3.52. The number of benzene rings is 2. The number of carbonyl (C=O) groups is 1. The number of amides is 1. The molecule has 0 saturated carbocycles. The van der Waals surface area contributed by atoms with Crippen molar-refractivity contribution in [2.75, 3.05) is 11.9 Å². The minimum atomic E-state index is -0.513. The Morgan fingerprint density at radius 1 is 1.12 bits per heavy atom. The topological polar surface area (TPSA) is 60.3 Å². The van der Waals surface area contributed by atoms with E-state index in [1.807, 2.05) is 6.92 Å². The first-order valence-electron chi connectivity index (χ1n) is 7.89. The molecule has 0 atom stereocenters. The number of aromatic nitrogens is 1. The van der Waals surface area contributed by atoms with Crippen LogP contribution in [0.25, 0.3) is 10.8 Å². The molecule has 3 rings (SSSR count). The molecule has 1 N–H and O–H groups in total. The van der Waals surface area contributed by atoms with Crippen LogP contribution in [0.15, 0.2) is 59.5 Å². The number of para-hydroxylation sites is 1. The van der Waals surface area contributed by atoms with Crippen molar-refractivity contribution in [1.82, 2.24) is 4.57 Å². The number of nitrogens with one attached hydrogen (secondary N) is 1. The highest BCUT2D eigenvalue weighted by Gasteiger charge is 2.10. The third-order valence-corrected chi connectivity index (χ3v) is 3.83. The molecule has 0 radical (unpaired) electrons. The third-order valence-electron chi connectivity index (χ3n) is 3.83. The summed E-state index contributed by atoms with van der Waals surface area (Å²) in [5.41, 5.74) is -0.0129. The molecule has 0 fully saturated rings. The lowest BCUT2D eigenvalue weighted by Crippen LogP contribution is -2.21. The first kappa shape index (κ1) is 16.7. The van der Waals surface area contributed by atoms with Crippen molar-refractivity contribution in [3.63, 3.8) is 0 Å². The summed E-state index contributed by atoms with van der Waals surface area (Å²) >= 11 is 0. The number of halogens is 1. The van der Waals surface area contributed by atoms with Crippen LogP contribution in [0.1, 0.15) is 6.92 Å². The molecule has 1 aromatic heterocycles. The Labute approximate surface area is 143 Å². The first-order chi connectivity index (χ1) is 12.1. The summed E-state index contributed by atoms with van der Waals surface area (Å²) in [5.74, 6) is -0.563. The lowest BCUT2D eigenvalue weighted by Gasteiger charge is -2.11. The van der Waals surface area contributed by atoms with E-state index in [-0.39, 0.29) is 17.9 Å². The van der Waals surface area contributed by atoms with E-state index < -0.39 is 11.7 Å². The molecule has 3 aromatic rings. The van der Waals surface area contributed by atoms with Gasteiger partial charge in [0.05, 0.1) is 11.1 Å². The van der Waals surface area contributed by atoms with Gasteiger partial charge < -0.3 is 14.6 Å². The molecule has 0 aliphatic heterocycles. The second-order valence-corrected chi connectivity index (χ2v) is 5.44. The van der Waals surface area contributed by atoms with Crippen LogP contribution in [0, 0.1) is 5.82 Å². The minimum absolute atomic E-state index is 0.0971. The van der Waals surface area contributed by atoms with Crippen molar-refractivity contribution in [2.45, 2.75) is 13.5 Å². The Bertz CT molecular complexity index is 982. The maximum atomic E-state index is 13.5. The van der Waals surface area contributed by atoms with E-state index in [2.05, 4.69) is 5.32 Å². The Balaban J connectivity index is 1.77. The lowest BCUT2D eigenvalue weighted by atomic mass is 10.1. The predicted molar refractivity (Wildman–Crippen MR) is 94.4 cm³/mol. The number of hydrogen-bond donors (Lipinski definition) is 1. The van der Waals surface area contributed by atoms with Crippen LogP contribution in [-0.4, -0.2) is 17.1 Å². The van der Waals surface area contributed by atoms with Crippen molar-refractivity contribution in [1.29, 1.82) is 0 Å². The number of hydrogen-bond acceptors (Lipinski definition) is 3. The van der Waals surface area contributed by atoms with Crippen molar-refractivity contribution < 1.29 is 13.9 Å². The van der Waals surface area contributed by atoms with Gasteiger partial charge in [0.25, 0.3) is 11.5 Å². The fourth-order valence-corrected chi connectivity index (χ4v) is 2.56. The standard InChI is InChI=1S/C19H17FN2O3/c1-2-22-11-10-13-14(19(22)24)6-5-9-17(13)25-12-18(23)21-16-8-4-3-7-15(16)20/h3-11H,2,12H2,1H3,(H,21,23). The number of anilines is 1. The van der Waals surface area contributed by atoms with Crippen LogP contribution in [0.3, 0.4) is 0 Å². The van der Waals surface area contributed by atoms with Gasteiger partial charge in [-0.25, -0.2) is 4.39 Å². The van der Waals surface area contributed by atoms with Gasteiger partial charge in [0.1, 0.15) is 11.6 Å². The summed E-state index contributed by atoms with van der Waals surface area (Å²) in [6.45, 7) is 2.18. The molecule has 128 valence electrons. The van der Waals surface area contributed by atoms with E-state index in [1.54, 1.807) is 47.2 Å². The van der Waals surface area contributed by atoms with Crippen molar-refractivity contribution in [3.05, 3.63) is 70.9 Å². The van der Waals surface area contributed by atoms with Crippen molar-refractivity contribution >= 4 is 22.4 Å². The van der Waals surface area contributed by atoms with Gasteiger partial charge in [0.2, 0.25) is 0 Å². The SMILES string of the molecule is CCn1ccc2c(OCC(=O)Nc3ccccc3F)cccc2c1=O. The minimum Gasteiger partial charge on any atom is -0.483 e.